The number of nitrogens with zero attached hydrogens (tertiary/aromatic N) is 2. The van der Waals surface area contributed by atoms with E-state index in [2.05, 4.69) is 5.43 Å². The standard InChI is InChI=1S/C15H12FN3O3/c1-17-19-8-10(15(21)22)14(20)9-6-11(16)13(7-12(9)19)18-4-2-3-5-18/h2-8,17H,1H3,(H,21,22). The van der Waals surface area contributed by atoms with E-state index in [4.69, 9.17) is 5.11 Å². The number of fused-ring (bicyclic) bond motifs is 1. The lowest BCUT2D eigenvalue weighted by molar-refractivity contribution is 0.0695. The van der Waals surface area contributed by atoms with Crippen molar-refractivity contribution < 1.29 is 14.3 Å². The highest BCUT2D eigenvalue weighted by molar-refractivity contribution is 5.93. The van der Waals surface area contributed by atoms with Crippen LogP contribution in [-0.2, 0) is 0 Å². The molecule has 7 heteroatoms. The summed E-state index contributed by atoms with van der Waals surface area (Å²) >= 11 is 0. The molecule has 0 bridgehead atoms. The van der Waals surface area contributed by atoms with E-state index < -0.39 is 22.8 Å². The lowest BCUT2D eigenvalue weighted by Gasteiger charge is -2.13. The number of carboxylic acid groups (broad SMARTS) is 1. The van der Waals surface area contributed by atoms with Gasteiger partial charge in [-0.2, -0.15) is 0 Å². The molecular weight excluding hydrogens is 289 g/mol. The van der Waals surface area contributed by atoms with Crippen molar-refractivity contribution >= 4 is 16.9 Å². The molecule has 2 heterocycles. The Morgan fingerprint density at radius 1 is 1.27 bits per heavy atom. The zero-order valence-corrected chi connectivity index (χ0v) is 11.6. The minimum absolute atomic E-state index is 0.00246. The summed E-state index contributed by atoms with van der Waals surface area (Å²) in [6.07, 6.45) is 4.54. The van der Waals surface area contributed by atoms with Gasteiger partial charge in [-0.25, -0.2) is 9.18 Å². The van der Waals surface area contributed by atoms with E-state index in [0.717, 1.165) is 6.07 Å². The molecular formula is C15H12FN3O3. The molecule has 0 radical (unpaired) electrons. The number of hydrogen-bond acceptors (Lipinski definition) is 3. The molecule has 0 fully saturated rings. The average Bonchev–Trinajstić information content (AvgIpc) is 3.01. The second-order valence-corrected chi connectivity index (χ2v) is 4.68. The summed E-state index contributed by atoms with van der Waals surface area (Å²) in [5, 5.41) is 9.08. The topological polar surface area (TPSA) is 76.3 Å². The second kappa shape index (κ2) is 5.03. The molecule has 0 aliphatic carbocycles. The zero-order chi connectivity index (χ0) is 15.9. The molecule has 0 saturated carbocycles. The monoisotopic (exact) mass is 301 g/mol. The van der Waals surface area contributed by atoms with Crippen LogP contribution in [-0.4, -0.2) is 27.4 Å². The van der Waals surface area contributed by atoms with Gasteiger partial charge in [0.05, 0.1) is 16.6 Å². The molecule has 2 aromatic heterocycles. The number of benzene rings is 1. The van der Waals surface area contributed by atoms with E-state index in [1.807, 2.05) is 0 Å². The first-order chi connectivity index (χ1) is 10.5. The molecule has 0 unspecified atom stereocenters. The normalized spacial score (nSPS) is 10.8. The van der Waals surface area contributed by atoms with Crippen molar-refractivity contribution in [3.05, 3.63) is 64.5 Å². The van der Waals surface area contributed by atoms with Gasteiger partial charge >= 0.3 is 5.97 Å². The van der Waals surface area contributed by atoms with Crippen LogP contribution in [0.1, 0.15) is 10.4 Å². The lowest BCUT2D eigenvalue weighted by atomic mass is 10.1. The first-order valence-corrected chi connectivity index (χ1v) is 6.46. The number of halogens is 1. The van der Waals surface area contributed by atoms with Gasteiger partial charge in [-0.15, -0.1) is 0 Å². The van der Waals surface area contributed by atoms with Gasteiger partial charge in [-0.05, 0) is 24.3 Å². The lowest BCUT2D eigenvalue weighted by Crippen LogP contribution is -2.22. The van der Waals surface area contributed by atoms with Crippen molar-refractivity contribution in [1.29, 1.82) is 0 Å². The van der Waals surface area contributed by atoms with Crippen LogP contribution >= 0.6 is 0 Å². The maximum absolute atomic E-state index is 14.3. The zero-order valence-electron chi connectivity index (χ0n) is 11.6. The summed E-state index contributed by atoms with van der Waals surface area (Å²) in [6.45, 7) is 0. The van der Waals surface area contributed by atoms with Crippen molar-refractivity contribution in [2.24, 2.45) is 0 Å². The third-order valence-electron chi connectivity index (χ3n) is 3.43. The van der Waals surface area contributed by atoms with E-state index in [-0.39, 0.29) is 11.1 Å². The van der Waals surface area contributed by atoms with Crippen LogP contribution in [0.3, 0.4) is 0 Å². The van der Waals surface area contributed by atoms with Crippen LogP contribution in [0, 0.1) is 5.82 Å². The SMILES string of the molecule is CNn1cc(C(=O)O)c(=O)c2cc(F)c(-n3cccc3)cc21. The molecule has 22 heavy (non-hydrogen) atoms. The molecule has 0 aliphatic rings. The fourth-order valence-corrected chi connectivity index (χ4v) is 2.36. The first kappa shape index (κ1) is 13.9. The number of aromatic carboxylic acids is 1. The summed E-state index contributed by atoms with van der Waals surface area (Å²) in [7, 11) is 1.58. The number of hydrogen-bond donors (Lipinski definition) is 2. The molecule has 3 aromatic rings. The predicted octanol–water partition coefficient (Wildman–Crippen LogP) is 1.80. The maximum Gasteiger partial charge on any atom is 0.341 e. The molecule has 1 aromatic carbocycles. The third-order valence-corrected chi connectivity index (χ3v) is 3.43. The Labute approximate surface area is 124 Å². The highest BCUT2D eigenvalue weighted by Gasteiger charge is 2.17. The number of nitrogens with one attached hydrogen (secondary N) is 1. The second-order valence-electron chi connectivity index (χ2n) is 4.68. The maximum atomic E-state index is 14.3. The van der Waals surface area contributed by atoms with Gasteiger partial charge in [0.1, 0.15) is 11.4 Å². The molecule has 0 atom stereocenters. The Hall–Kier alpha value is -3.09. The number of carboxylic acids is 1. The first-order valence-electron chi connectivity index (χ1n) is 6.46. The van der Waals surface area contributed by atoms with Gasteiger partial charge in [-0.3, -0.25) is 9.47 Å². The quantitative estimate of drug-likeness (QED) is 0.773. The summed E-state index contributed by atoms with van der Waals surface area (Å²) in [4.78, 5) is 23.3. The minimum Gasteiger partial charge on any atom is -0.477 e. The molecule has 6 nitrogen and oxygen atoms in total. The minimum atomic E-state index is -1.36. The van der Waals surface area contributed by atoms with E-state index >= 15 is 0 Å². The van der Waals surface area contributed by atoms with Crippen LogP contribution in [0.2, 0.25) is 0 Å². The van der Waals surface area contributed by atoms with Crippen LogP contribution in [0.4, 0.5) is 4.39 Å². The molecule has 3 rings (SSSR count). The molecule has 0 amide bonds. The van der Waals surface area contributed by atoms with Gasteiger partial charge in [0.15, 0.2) is 0 Å². The fraction of sp³-hybridized carbons (Fsp3) is 0.0667. The molecule has 112 valence electrons. The van der Waals surface area contributed by atoms with Gasteiger partial charge in [-0.1, -0.05) is 0 Å². The van der Waals surface area contributed by atoms with E-state index in [1.165, 1.54) is 16.9 Å². The summed E-state index contributed by atoms with van der Waals surface area (Å²) < 4.78 is 17.2. The van der Waals surface area contributed by atoms with Crippen molar-refractivity contribution in [1.82, 2.24) is 9.24 Å². The van der Waals surface area contributed by atoms with Crippen LogP contribution in [0.25, 0.3) is 16.6 Å². The number of aromatic nitrogens is 2. The van der Waals surface area contributed by atoms with Gasteiger partial charge in [0.25, 0.3) is 0 Å². The van der Waals surface area contributed by atoms with Crippen molar-refractivity contribution in [3.8, 4) is 5.69 Å². The summed E-state index contributed by atoms with van der Waals surface area (Å²) in [5.41, 5.74) is 2.29. The average molecular weight is 301 g/mol. The molecule has 0 aliphatic heterocycles. The molecule has 0 spiro atoms. The van der Waals surface area contributed by atoms with Gasteiger partial charge in [0, 0.05) is 25.6 Å². The van der Waals surface area contributed by atoms with Crippen LogP contribution < -0.4 is 10.9 Å². The number of rotatable bonds is 3. The molecule has 2 N–H and O–H groups in total. The highest BCUT2D eigenvalue weighted by Crippen LogP contribution is 2.20. The van der Waals surface area contributed by atoms with Crippen molar-refractivity contribution in [3.63, 3.8) is 0 Å². The largest absolute Gasteiger partial charge is 0.477 e. The van der Waals surface area contributed by atoms with E-state index in [0.29, 0.717) is 5.52 Å². The summed E-state index contributed by atoms with van der Waals surface area (Å²) in [5.74, 6) is -1.96. The Kier molecular flexibility index (Phi) is 3.17. The smallest absolute Gasteiger partial charge is 0.341 e. The van der Waals surface area contributed by atoms with E-state index in [9.17, 15) is 14.0 Å². The van der Waals surface area contributed by atoms with Gasteiger partial charge in [0.2, 0.25) is 5.43 Å². The Bertz CT molecular complexity index is 929. The van der Waals surface area contributed by atoms with Crippen LogP contribution in [0.15, 0.2) is 47.7 Å². The van der Waals surface area contributed by atoms with Crippen molar-refractivity contribution in [2.75, 3.05) is 12.5 Å². The van der Waals surface area contributed by atoms with Crippen LogP contribution in [0.5, 0.6) is 0 Å². The predicted molar refractivity (Wildman–Crippen MR) is 79.7 cm³/mol. The third kappa shape index (κ3) is 2.03. The highest BCUT2D eigenvalue weighted by atomic mass is 19.1. The van der Waals surface area contributed by atoms with Gasteiger partial charge < -0.3 is 15.1 Å². The fourth-order valence-electron chi connectivity index (χ4n) is 2.36. The summed E-state index contributed by atoms with van der Waals surface area (Å²) in [6, 6.07) is 6.06. The molecule has 0 saturated heterocycles. The number of pyridine rings is 1. The Balaban J connectivity index is 2.40. The van der Waals surface area contributed by atoms with Crippen molar-refractivity contribution in [2.45, 2.75) is 0 Å². The van der Waals surface area contributed by atoms with E-state index in [1.54, 1.807) is 36.1 Å². The number of carbonyl (C=O) groups is 1. The Morgan fingerprint density at radius 2 is 1.95 bits per heavy atom. The Morgan fingerprint density at radius 3 is 2.55 bits per heavy atom.